The first-order chi connectivity index (χ1) is 31.3. The molecule has 6 atom stereocenters. The summed E-state index contributed by atoms with van der Waals surface area (Å²) in [7, 11) is 0. The topological polar surface area (TPSA) is 201 Å². The molecule has 4 fully saturated rings. The van der Waals surface area contributed by atoms with Crippen molar-refractivity contribution in [3.8, 4) is 0 Å². The molecule has 6 rings (SSSR count). The first-order valence-corrected chi connectivity index (χ1v) is 21.9. The number of rotatable bonds is 12. The Labute approximate surface area is 385 Å². The monoisotopic (exact) mass is 954 g/mol. The number of carboxylic acids is 1. The summed E-state index contributed by atoms with van der Waals surface area (Å²) in [6, 6.07) is 1.03. The highest BCUT2D eigenvalue weighted by molar-refractivity contribution is 5.83. The standard InChI is InChI=1S/C21H28F3N3O3.C21H28F3N3O2.C4H4O4/c1-21(2,3)30-20(29)26-14(6-13-7-16(23)17(24)9-15(13)22)8-19(28)27-5-4-12-10-25-11-18(12)27;1-21(2,3)20(29)26-10-12-4-5-27(18(12)11-26)19(28)8-14(25)6-13-7-16(23)17(24)9-15(13)22;5-3-8-2-1-4(6)7/h7,9,12,14,18,25H,4-6,8,10-11H2,1-3H3,(H,26,29);7,9,12,14,18H,4-6,8,10-11,25H2,1-3H3;1-3H,(H,6,7)/b;;2-1+/t2*12-,14+,18+;/m00./s1. The SMILES string of the molecule is CC(C)(C)C(=O)N1C[C@@H]2CCN(C(=O)C[C@H](N)Cc3cc(F)c(F)cc3F)[C@@H]2C1.CC(C)(C)OC(=O)N[C@@H](CC(=O)N1CC[C@H]2CNC[C@H]21)Cc1cc(F)c(F)cc1F.O=CO/C=C/C(=O)O. The lowest BCUT2D eigenvalue weighted by molar-refractivity contribution is -0.140. The number of benzene rings is 2. The van der Waals surface area contributed by atoms with Crippen molar-refractivity contribution in [1.29, 1.82) is 0 Å². The Morgan fingerprint density at radius 3 is 1.87 bits per heavy atom. The molecule has 0 unspecified atom stereocenters. The predicted molar refractivity (Wildman–Crippen MR) is 230 cm³/mol. The summed E-state index contributed by atoms with van der Waals surface area (Å²) in [5, 5.41) is 13.7. The molecule has 67 heavy (non-hydrogen) atoms. The van der Waals surface area contributed by atoms with Gasteiger partial charge in [0.05, 0.1) is 12.1 Å². The van der Waals surface area contributed by atoms with E-state index in [0.717, 1.165) is 44.3 Å². The Kier molecular flexibility index (Phi) is 18.8. The lowest BCUT2D eigenvalue weighted by Gasteiger charge is -2.29. The molecule has 4 aliphatic heterocycles. The van der Waals surface area contributed by atoms with Gasteiger partial charge in [0.25, 0.3) is 6.47 Å². The fourth-order valence-corrected chi connectivity index (χ4v) is 8.58. The number of carboxylic acid groups (broad SMARTS) is 1. The molecule has 4 heterocycles. The van der Waals surface area contributed by atoms with E-state index >= 15 is 0 Å². The third-order valence-electron chi connectivity index (χ3n) is 11.6. The minimum absolute atomic E-state index is 0.0190. The van der Waals surface area contributed by atoms with Crippen molar-refractivity contribution in [2.24, 2.45) is 23.0 Å². The van der Waals surface area contributed by atoms with Gasteiger partial charge in [-0.05, 0) is 75.6 Å². The zero-order valence-corrected chi connectivity index (χ0v) is 38.4. The summed E-state index contributed by atoms with van der Waals surface area (Å²) >= 11 is 0. The van der Waals surface area contributed by atoms with Crippen molar-refractivity contribution in [3.63, 3.8) is 0 Å². The summed E-state index contributed by atoms with van der Waals surface area (Å²) in [6.07, 6.45) is 2.13. The van der Waals surface area contributed by atoms with E-state index in [0.29, 0.717) is 50.3 Å². The molecule has 4 aliphatic rings. The number of nitrogens with one attached hydrogen (secondary N) is 2. The lowest BCUT2D eigenvalue weighted by Crippen LogP contribution is -2.46. The molecule has 0 spiro atoms. The van der Waals surface area contributed by atoms with Gasteiger partial charge in [0.1, 0.15) is 23.5 Å². The van der Waals surface area contributed by atoms with Gasteiger partial charge in [-0.25, -0.2) is 35.9 Å². The Morgan fingerprint density at radius 1 is 0.776 bits per heavy atom. The molecule has 0 radical (unpaired) electrons. The molecule has 0 saturated carbocycles. The normalized spacial score (nSPS) is 20.8. The highest BCUT2D eigenvalue weighted by Crippen LogP contribution is 2.34. The number of carbonyl (C=O) groups is 6. The summed E-state index contributed by atoms with van der Waals surface area (Å²) in [5.41, 5.74) is 4.61. The first-order valence-electron chi connectivity index (χ1n) is 21.9. The number of carbonyl (C=O) groups excluding carboxylic acids is 5. The quantitative estimate of drug-likeness (QED) is 0.0736. The van der Waals surface area contributed by atoms with Crippen LogP contribution in [0.5, 0.6) is 0 Å². The number of alkyl carbamates (subject to hydrolysis) is 1. The van der Waals surface area contributed by atoms with E-state index in [1.807, 2.05) is 25.7 Å². The molecule has 4 amide bonds. The van der Waals surface area contributed by atoms with Gasteiger partial charge in [0.15, 0.2) is 23.3 Å². The number of nitrogens with two attached hydrogens (primary N) is 1. The van der Waals surface area contributed by atoms with E-state index in [1.54, 1.807) is 30.6 Å². The van der Waals surface area contributed by atoms with Crippen LogP contribution in [0.4, 0.5) is 31.1 Å². The number of fused-ring (bicyclic) bond motifs is 2. The maximum Gasteiger partial charge on any atom is 0.407 e. The molecule has 5 N–H and O–H groups in total. The van der Waals surface area contributed by atoms with Gasteiger partial charge in [0.2, 0.25) is 17.7 Å². The maximum atomic E-state index is 14.2. The van der Waals surface area contributed by atoms with Crippen LogP contribution in [0.1, 0.15) is 78.4 Å². The largest absolute Gasteiger partial charge is 0.478 e. The second-order valence-electron chi connectivity index (χ2n) is 19.0. The van der Waals surface area contributed by atoms with Crippen molar-refractivity contribution in [2.75, 3.05) is 39.3 Å². The Hall–Kier alpha value is -5.70. The molecule has 0 aromatic heterocycles. The maximum absolute atomic E-state index is 14.2. The van der Waals surface area contributed by atoms with E-state index in [2.05, 4.69) is 15.4 Å². The molecule has 4 saturated heterocycles. The number of aliphatic carboxylic acids is 1. The first kappa shape index (κ1) is 53.9. The lowest BCUT2D eigenvalue weighted by atomic mass is 9.95. The minimum atomic E-state index is -1.29. The van der Waals surface area contributed by atoms with Crippen LogP contribution in [0.15, 0.2) is 36.6 Å². The molecule has 2 aromatic carbocycles. The van der Waals surface area contributed by atoms with Crippen LogP contribution in [0.2, 0.25) is 0 Å². The predicted octanol–water partition coefficient (Wildman–Crippen LogP) is 4.98. The van der Waals surface area contributed by atoms with Crippen LogP contribution in [-0.4, -0.2) is 125 Å². The van der Waals surface area contributed by atoms with Crippen LogP contribution >= 0.6 is 0 Å². The van der Waals surface area contributed by atoms with Gasteiger partial charge in [-0.1, -0.05) is 20.8 Å². The van der Waals surface area contributed by atoms with Gasteiger partial charge >= 0.3 is 12.1 Å². The molecule has 370 valence electrons. The summed E-state index contributed by atoms with van der Waals surface area (Å²) < 4.78 is 90.4. The third kappa shape index (κ3) is 15.7. The van der Waals surface area contributed by atoms with E-state index in [-0.39, 0.29) is 79.0 Å². The average Bonchev–Trinajstić information content (AvgIpc) is 4.01. The van der Waals surface area contributed by atoms with E-state index in [1.165, 1.54) is 0 Å². The van der Waals surface area contributed by atoms with Crippen molar-refractivity contribution in [2.45, 2.75) is 110 Å². The number of nitrogens with zero attached hydrogens (tertiary/aromatic N) is 3. The number of hydrogen-bond acceptors (Lipinski definition) is 10. The third-order valence-corrected chi connectivity index (χ3v) is 11.6. The highest BCUT2D eigenvalue weighted by atomic mass is 19.2. The molecule has 0 bridgehead atoms. The molecule has 2 aromatic rings. The van der Waals surface area contributed by atoms with Gasteiger partial charge in [-0.3, -0.25) is 19.2 Å². The molecule has 0 aliphatic carbocycles. The van der Waals surface area contributed by atoms with Crippen molar-refractivity contribution in [1.82, 2.24) is 25.3 Å². The van der Waals surface area contributed by atoms with Crippen LogP contribution in [0.25, 0.3) is 0 Å². The van der Waals surface area contributed by atoms with Crippen molar-refractivity contribution in [3.05, 3.63) is 82.6 Å². The van der Waals surface area contributed by atoms with Gasteiger partial charge < -0.3 is 45.6 Å². The second kappa shape index (κ2) is 23.3. The average molecular weight is 955 g/mol. The van der Waals surface area contributed by atoms with Crippen LogP contribution in [-0.2, 0) is 46.3 Å². The van der Waals surface area contributed by atoms with Crippen LogP contribution in [0, 0.1) is 52.2 Å². The summed E-state index contributed by atoms with van der Waals surface area (Å²) in [6.45, 7) is 14.8. The molecule has 21 heteroatoms. The van der Waals surface area contributed by atoms with Gasteiger partial charge in [-0.15, -0.1) is 0 Å². The number of ether oxygens (including phenoxy) is 2. The molecular formula is C46H60F6N6O9. The zero-order chi connectivity index (χ0) is 50.0. The van der Waals surface area contributed by atoms with E-state index in [4.69, 9.17) is 15.6 Å². The highest BCUT2D eigenvalue weighted by Gasteiger charge is 2.46. The minimum Gasteiger partial charge on any atom is -0.478 e. The van der Waals surface area contributed by atoms with E-state index in [9.17, 15) is 55.1 Å². The van der Waals surface area contributed by atoms with Crippen molar-refractivity contribution >= 4 is 36.3 Å². The van der Waals surface area contributed by atoms with Crippen LogP contribution in [0.3, 0.4) is 0 Å². The fourth-order valence-electron chi connectivity index (χ4n) is 8.58. The zero-order valence-electron chi connectivity index (χ0n) is 38.4. The fraction of sp³-hybridized carbons (Fsp3) is 0.565. The van der Waals surface area contributed by atoms with Crippen LogP contribution < -0.4 is 16.4 Å². The van der Waals surface area contributed by atoms with Crippen molar-refractivity contribution < 1.29 is 69.7 Å². The second-order valence-corrected chi connectivity index (χ2v) is 19.0. The number of amides is 4. The Balaban J connectivity index is 0.000000252. The molecular weight excluding hydrogens is 895 g/mol. The smallest absolute Gasteiger partial charge is 0.407 e. The van der Waals surface area contributed by atoms with Gasteiger partial charge in [-0.2, -0.15) is 0 Å². The number of hydrogen-bond donors (Lipinski definition) is 4. The molecule has 15 nitrogen and oxygen atoms in total. The summed E-state index contributed by atoms with van der Waals surface area (Å²) in [4.78, 5) is 74.8. The Morgan fingerprint density at radius 2 is 1.31 bits per heavy atom. The number of halogens is 6. The van der Waals surface area contributed by atoms with E-state index < -0.39 is 70.1 Å². The number of likely N-dealkylation sites (tertiary alicyclic amines) is 3. The van der Waals surface area contributed by atoms with Gasteiger partial charge in [0, 0.05) is 93.7 Å². The summed E-state index contributed by atoms with van der Waals surface area (Å²) in [5.74, 6) is -7.41. The Bertz CT molecular complexity index is 2150.